The molecule has 3 heteroatoms. The van der Waals surface area contributed by atoms with E-state index in [1.807, 2.05) is 36.4 Å². The Bertz CT molecular complexity index is 1300. The molecule has 1 aliphatic carbocycles. The van der Waals surface area contributed by atoms with E-state index in [4.69, 9.17) is 4.74 Å². The lowest BCUT2D eigenvalue weighted by atomic mass is 9.98. The summed E-state index contributed by atoms with van der Waals surface area (Å²) in [5, 5.41) is 0.698. The second-order valence-corrected chi connectivity index (χ2v) is 7.96. The molecule has 4 aromatic rings. The summed E-state index contributed by atoms with van der Waals surface area (Å²) in [6.45, 7) is 4.40. The molecule has 0 saturated carbocycles. The molecule has 0 radical (unpaired) electrons. The topological polar surface area (TPSA) is 31.2 Å². The van der Waals surface area contributed by atoms with E-state index in [0.717, 1.165) is 28.0 Å². The maximum absolute atomic E-state index is 13.5. The van der Waals surface area contributed by atoms with Crippen molar-refractivity contribution in [3.63, 3.8) is 0 Å². The molecular formula is C26H23NO2. The number of pyridine rings is 1. The van der Waals surface area contributed by atoms with Gasteiger partial charge in [-0.05, 0) is 47.4 Å². The van der Waals surface area contributed by atoms with Crippen LogP contribution < -0.4 is 10.2 Å². The van der Waals surface area contributed by atoms with E-state index < -0.39 is 0 Å². The van der Waals surface area contributed by atoms with Gasteiger partial charge in [0.1, 0.15) is 5.75 Å². The largest absolute Gasteiger partial charge is 0.497 e. The molecule has 3 aromatic carbocycles. The number of fused-ring (bicyclic) bond motifs is 4. The fraction of sp³-hybridized carbons (Fsp3) is 0.192. The molecule has 29 heavy (non-hydrogen) atoms. The maximum Gasteiger partial charge on any atom is 0.193 e. The van der Waals surface area contributed by atoms with Gasteiger partial charge in [0.2, 0.25) is 0 Å². The molecular weight excluding hydrogens is 358 g/mol. The molecule has 0 spiro atoms. The van der Waals surface area contributed by atoms with Crippen LogP contribution in [-0.4, -0.2) is 11.7 Å². The molecule has 0 saturated heterocycles. The smallest absolute Gasteiger partial charge is 0.193 e. The van der Waals surface area contributed by atoms with Crippen molar-refractivity contribution < 1.29 is 4.74 Å². The zero-order chi connectivity index (χ0) is 20.1. The molecule has 0 unspecified atom stereocenters. The van der Waals surface area contributed by atoms with Gasteiger partial charge in [-0.3, -0.25) is 4.79 Å². The van der Waals surface area contributed by atoms with Crippen LogP contribution in [0.15, 0.2) is 71.5 Å². The quantitative estimate of drug-likeness (QED) is 0.402. The summed E-state index contributed by atoms with van der Waals surface area (Å²) >= 11 is 0. The number of benzene rings is 3. The number of hydrogen-bond donors (Lipinski definition) is 0. The highest BCUT2D eigenvalue weighted by Crippen LogP contribution is 2.40. The van der Waals surface area contributed by atoms with Crippen LogP contribution in [0.2, 0.25) is 0 Å². The first-order chi connectivity index (χ1) is 14.1. The highest BCUT2D eigenvalue weighted by atomic mass is 16.5. The minimum Gasteiger partial charge on any atom is -0.497 e. The normalized spacial score (nSPS) is 12.3. The van der Waals surface area contributed by atoms with Crippen LogP contribution >= 0.6 is 0 Å². The highest BCUT2D eigenvalue weighted by molar-refractivity contribution is 5.90. The van der Waals surface area contributed by atoms with E-state index in [1.54, 1.807) is 7.11 Å². The molecule has 0 atom stereocenters. The molecule has 144 valence electrons. The number of para-hydroxylation sites is 1. The summed E-state index contributed by atoms with van der Waals surface area (Å²) < 4.78 is 7.63. The Labute approximate surface area is 170 Å². The number of nitrogens with zero attached hydrogens (tertiary/aromatic N) is 1. The van der Waals surface area contributed by atoms with Crippen LogP contribution in [0, 0.1) is 0 Å². The lowest BCUT2D eigenvalue weighted by Crippen LogP contribution is -2.15. The van der Waals surface area contributed by atoms with Crippen LogP contribution in [0.1, 0.15) is 36.5 Å². The average molecular weight is 381 g/mol. The Kier molecular flexibility index (Phi) is 4.06. The molecule has 1 aliphatic rings. The molecule has 0 bridgehead atoms. The minimum atomic E-state index is 0.100. The Morgan fingerprint density at radius 1 is 0.966 bits per heavy atom. The van der Waals surface area contributed by atoms with Crippen LogP contribution in [0.25, 0.3) is 27.8 Å². The number of hydrogen-bond acceptors (Lipinski definition) is 2. The number of rotatable bonds is 3. The number of methoxy groups -OCH3 is 1. The average Bonchev–Trinajstić information content (AvgIpc) is 3.13. The van der Waals surface area contributed by atoms with Crippen molar-refractivity contribution in [1.29, 1.82) is 0 Å². The Morgan fingerprint density at radius 3 is 2.48 bits per heavy atom. The number of aromatic nitrogens is 1. The van der Waals surface area contributed by atoms with E-state index in [2.05, 4.69) is 48.7 Å². The first-order valence-corrected chi connectivity index (χ1v) is 10.0. The third-order valence-corrected chi connectivity index (χ3v) is 5.91. The van der Waals surface area contributed by atoms with Crippen molar-refractivity contribution in [2.24, 2.45) is 0 Å². The summed E-state index contributed by atoms with van der Waals surface area (Å²) in [6.07, 6.45) is 0.671. The summed E-state index contributed by atoms with van der Waals surface area (Å²) in [5.74, 6) is 1.16. The lowest BCUT2D eigenvalue weighted by Gasteiger charge is -2.18. The fourth-order valence-corrected chi connectivity index (χ4v) is 4.38. The second-order valence-electron chi connectivity index (χ2n) is 7.96. The zero-order valence-corrected chi connectivity index (χ0v) is 16.9. The fourth-order valence-electron chi connectivity index (χ4n) is 4.38. The van der Waals surface area contributed by atoms with Crippen molar-refractivity contribution in [2.45, 2.75) is 26.2 Å². The van der Waals surface area contributed by atoms with Gasteiger partial charge in [-0.15, -0.1) is 0 Å². The zero-order valence-electron chi connectivity index (χ0n) is 16.9. The lowest BCUT2D eigenvalue weighted by molar-refractivity contribution is 0.415. The molecule has 0 aliphatic heterocycles. The third kappa shape index (κ3) is 2.69. The van der Waals surface area contributed by atoms with Crippen molar-refractivity contribution in [1.82, 2.24) is 4.57 Å². The standard InChI is InChI=1S/C26H23NO2/c1-16(2)17-9-11-21-18(13-17)14-23-25(21)27(19-7-5-4-6-8-19)24-12-10-20(29-3)15-22(24)26(23)28/h4-13,15-16H,14H2,1-3H3. The number of ether oxygens (including phenoxy) is 1. The van der Waals surface area contributed by atoms with Crippen molar-refractivity contribution >= 4 is 10.9 Å². The van der Waals surface area contributed by atoms with Gasteiger partial charge in [-0.1, -0.05) is 50.2 Å². The van der Waals surface area contributed by atoms with Gasteiger partial charge in [0, 0.05) is 23.2 Å². The van der Waals surface area contributed by atoms with E-state index >= 15 is 0 Å². The van der Waals surface area contributed by atoms with E-state index in [0.29, 0.717) is 23.5 Å². The first kappa shape index (κ1) is 17.7. The first-order valence-electron chi connectivity index (χ1n) is 10.0. The van der Waals surface area contributed by atoms with E-state index in [1.165, 1.54) is 11.1 Å². The Morgan fingerprint density at radius 2 is 1.76 bits per heavy atom. The van der Waals surface area contributed by atoms with E-state index in [9.17, 15) is 4.79 Å². The summed E-state index contributed by atoms with van der Waals surface area (Å²) in [5.41, 5.74) is 7.64. The van der Waals surface area contributed by atoms with Crippen molar-refractivity contribution in [2.75, 3.05) is 7.11 Å². The molecule has 0 fully saturated rings. The SMILES string of the molecule is COc1ccc2c(c1)c(=O)c1c(n2-c2ccccc2)-c2ccc(C(C)C)cc2C1. The predicted octanol–water partition coefficient (Wildman–Crippen LogP) is 5.69. The Hall–Kier alpha value is -3.33. The molecule has 0 N–H and O–H groups in total. The molecule has 1 aromatic heterocycles. The van der Waals surface area contributed by atoms with Crippen LogP contribution in [0.3, 0.4) is 0 Å². The molecule has 5 rings (SSSR count). The van der Waals surface area contributed by atoms with Crippen molar-refractivity contribution in [3.05, 3.63) is 93.6 Å². The summed E-state index contributed by atoms with van der Waals surface area (Å²) in [7, 11) is 1.63. The van der Waals surface area contributed by atoms with Gasteiger partial charge < -0.3 is 9.30 Å². The maximum atomic E-state index is 13.5. The monoisotopic (exact) mass is 381 g/mol. The highest BCUT2D eigenvalue weighted by Gasteiger charge is 2.27. The van der Waals surface area contributed by atoms with Crippen molar-refractivity contribution in [3.8, 4) is 22.7 Å². The van der Waals surface area contributed by atoms with Gasteiger partial charge in [0.15, 0.2) is 5.43 Å². The van der Waals surface area contributed by atoms with Crippen LogP contribution in [0.5, 0.6) is 5.75 Å². The van der Waals surface area contributed by atoms with Gasteiger partial charge in [0.05, 0.1) is 23.7 Å². The molecule has 3 nitrogen and oxygen atoms in total. The molecule has 1 heterocycles. The van der Waals surface area contributed by atoms with Gasteiger partial charge >= 0.3 is 0 Å². The third-order valence-electron chi connectivity index (χ3n) is 5.91. The van der Waals surface area contributed by atoms with E-state index in [-0.39, 0.29) is 5.43 Å². The van der Waals surface area contributed by atoms with Crippen LogP contribution in [-0.2, 0) is 6.42 Å². The van der Waals surface area contributed by atoms with Gasteiger partial charge in [0.25, 0.3) is 0 Å². The summed E-state index contributed by atoms with van der Waals surface area (Å²) in [6, 6.07) is 22.7. The van der Waals surface area contributed by atoms with Gasteiger partial charge in [-0.25, -0.2) is 0 Å². The predicted molar refractivity (Wildman–Crippen MR) is 118 cm³/mol. The van der Waals surface area contributed by atoms with Crippen LogP contribution in [0.4, 0.5) is 0 Å². The second kappa shape index (κ2) is 6.63. The minimum absolute atomic E-state index is 0.100. The summed E-state index contributed by atoms with van der Waals surface area (Å²) in [4.78, 5) is 13.5. The van der Waals surface area contributed by atoms with Gasteiger partial charge in [-0.2, -0.15) is 0 Å². The Balaban J connectivity index is 1.90. The molecule has 0 amide bonds.